The molecule has 0 saturated carbocycles. The van der Waals surface area contributed by atoms with Crippen LogP contribution in [0.15, 0.2) is 78.0 Å². The molecule has 0 spiro atoms. The summed E-state index contributed by atoms with van der Waals surface area (Å²) >= 11 is 1.16. The van der Waals surface area contributed by atoms with Gasteiger partial charge in [-0.15, -0.1) is 11.8 Å². The number of halogens is 1. The molecule has 3 atom stereocenters. The van der Waals surface area contributed by atoms with Gasteiger partial charge in [-0.3, -0.25) is 34.3 Å². The van der Waals surface area contributed by atoms with Crippen molar-refractivity contribution in [2.24, 2.45) is 11.8 Å². The van der Waals surface area contributed by atoms with E-state index in [9.17, 15) is 24.0 Å². The quantitative estimate of drug-likeness (QED) is 0.0417. The van der Waals surface area contributed by atoms with E-state index < -0.39 is 23.6 Å². The van der Waals surface area contributed by atoms with E-state index in [1.807, 2.05) is 35.2 Å². The Morgan fingerprint density at radius 1 is 0.949 bits per heavy atom. The number of hydrogen-bond acceptors (Lipinski definition) is 12. The molecule has 13 nitrogen and oxygen atoms in total. The van der Waals surface area contributed by atoms with Gasteiger partial charge in [0, 0.05) is 74.0 Å². The van der Waals surface area contributed by atoms with Gasteiger partial charge in [-0.1, -0.05) is 18.2 Å². The van der Waals surface area contributed by atoms with Gasteiger partial charge in [0.25, 0.3) is 0 Å². The average Bonchev–Trinajstić information content (AvgIpc) is 3.36. The van der Waals surface area contributed by atoms with Crippen molar-refractivity contribution < 1.29 is 33.1 Å². The number of aromatic nitrogens is 2. The summed E-state index contributed by atoms with van der Waals surface area (Å²) < 4.78 is 21.2. The minimum Gasteiger partial charge on any atom is -0.457 e. The van der Waals surface area contributed by atoms with Crippen LogP contribution < -0.4 is 15.8 Å². The number of hydrogen-bond donors (Lipinski definition) is 3. The molecule has 59 heavy (non-hydrogen) atoms. The topological polar surface area (TPSA) is 189 Å². The summed E-state index contributed by atoms with van der Waals surface area (Å²) in [6.45, 7) is 1.04. The number of likely N-dealkylation sites (tertiary alicyclic amines) is 2. The Morgan fingerprint density at radius 2 is 1.69 bits per heavy atom. The number of unbranched alkanes of at least 4 members (excludes halogenated alkanes) is 1. The molecule has 2 saturated heterocycles. The minimum atomic E-state index is -0.763. The third kappa shape index (κ3) is 9.20. The third-order valence-electron chi connectivity index (χ3n) is 11.2. The average molecular weight is 820 g/mol. The van der Waals surface area contributed by atoms with Crippen molar-refractivity contribution in [3.05, 3.63) is 101 Å². The fourth-order valence-electron chi connectivity index (χ4n) is 8.06. The number of piperidine rings is 2. The number of nitrogens with one attached hydrogen (secondary N) is 2. The van der Waals surface area contributed by atoms with Gasteiger partial charge in [-0.05, 0) is 92.8 Å². The van der Waals surface area contributed by atoms with Gasteiger partial charge in [-0.25, -0.2) is 14.4 Å². The van der Waals surface area contributed by atoms with Crippen molar-refractivity contribution >= 4 is 58.4 Å². The number of ketones is 2. The second-order valence-corrected chi connectivity index (χ2v) is 16.2. The smallest absolute Gasteiger partial charge is 0.232 e. The lowest BCUT2D eigenvalue weighted by Gasteiger charge is -2.34. The lowest BCUT2D eigenvalue weighted by atomic mass is 9.78. The largest absolute Gasteiger partial charge is 0.457 e. The maximum Gasteiger partial charge on any atom is 0.232 e. The molecule has 4 aromatic rings. The van der Waals surface area contributed by atoms with Crippen LogP contribution in [0.3, 0.4) is 0 Å². The van der Waals surface area contributed by atoms with Crippen LogP contribution >= 0.6 is 11.8 Å². The first-order valence-corrected chi connectivity index (χ1v) is 20.9. The standard InChI is InChI=1S/C44H46FN7O6S/c1-51-35(54)21-18-31(44(51)57)30-17-20-34(53)37-32(40(30)56)16-19-33(45)41(37)59-23-6-5-11-36(55)52-22-7-8-27(24-52)50-43-38(42(47)48-25-49-43)39(46)26-12-14-29(15-13-26)58-28-9-3-2-4-10-28/h2-4,9-10,12-16,19,25,27,30-31,46H,5-8,11,17-18,20-24H2,1H3,(H3,47,48,49,50)/t27-,30?,31?/m1/s1. The highest BCUT2D eigenvalue weighted by molar-refractivity contribution is 7.99. The predicted octanol–water partition coefficient (Wildman–Crippen LogP) is 6.94. The first-order chi connectivity index (χ1) is 28.5. The molecular weight excluding hydrogens is 774 g/mol. The number of imide groups is 1. The van der Waals surface area contributed by atoms with E-state index in [-0.39, 0.29) is 89.1 Å². The van der Waals surface area contributed by atoms with E-state index in [4.69, 9.17) is 15.9 Å². The van der Waals surface area contributed by atoms with Crippen LogP contribution in [0.2, 0.25) is 0 Å². The zero-order valence-corrected chi connectivity index (χ0v) is 33.6. The summed E-state index contributed by atoms with van der Waals surface area (Å²) in [5, 5.41) is 12.4. The summed E-state index contributed by atoms with van der Waals surface area (Å²) in [7, 11) is 1.41. The van der Waals surface area contributed by atoms with Crippen LogP contribution in [0.4, 0.5) is 16.0 Å². The Balaban J connectivity index is 0.924. The van der Waals surface area contributed by atoms with Crippen molar-refractivity contribution in [2.75, 3.05) is 36.9 Å². The molecule has 0 radical (unpaired) electrons. The Morgan fingerprint density at radius 3 is 2.47 bits per heavy atom. The number of nitrogens with two attached hydrogens (primary N) is 1. The second-order valence-electron chi connectivity index (χ2n) is 15.1. The monoisotopic (exact) mass is 819 g/mol. The van der Waals surface area contributed by atoms with E-state index >= 15 is 4.39 Å². The number of thioether (sulfide) groups is 1. The van der Waals surface area contributed by atoms with Crippen molar-refractivity contribution in [2.45, 2.75) is 68.7 Å². The summed E-state index contributed by atoms with van der Waals surface area (Å²) in [4.78, 5) is 77.1. The molecule has 306 valence electrons. The first kappa shape index (κ1) is 41.2. The molecular formula is C44H46FN7O6S. The van der Waals surface area contributed by atoms with Crippen LogP contribution in [0.25, 0.3) is 0 Å². The number of amides is 3. The van der Waals surface area contributed by atoms with Crippen LogP contribution in [0, 0.1) is 23.1 Å². The van der Waals surface area contributed by atoms with Crippen LogP contribution in [-0.2, 0) is 14.4 Å². The van der Waals surface area contributed by atoms with E-state index in [1.165, 1.54) is 25.5 Å². The molecule has 1 aromatic heterocycles. The van der Waals surface area contributed by atoms with Crippen LogP contribution in [0.5, 0.6) is 11.5 Å². The number of rotatable bonds is 13. The zero-order chi connectivity index (χ0) is 41.6. The van der Waals surface area contributed by atoms with Crippen molar-refractivity contribution in [1.82, 2.24) is 19.8 Å². The molecule has 3 amide bonds. The Kier molecular flexibility index (Phi) is 12.8. The van der Waals surface area contributed by atoms with Crippen LogP contribution in [-0.4, -0.2) is 86.7 Å². The molecule has 1 aliphatic carbocycles. The fraction of sp³-hybridized carbons (Fsp3) is 0.364. The number of anilines is 2. The number of para-hydroxylation sites is 1. The Bertz CT molecular complexity index is 2270. The summed E-state index contributed by atoms with van der Waals surface area (Å²) in [5.41, 5.74) is 7.60. The van der Waals surface area contributed by atoms with E-state index in [2.05, 4.69) is 15.3 Å². The van der Waals surface area contributed by atoms with Crippen LogP contribution in [0.1, 0.15) is 89.6 Å². The molecule has 3 aliphatic rings. The van der Waals surface area contributed by atoms with Gasteiger partial charge in [0.1, 0.15) is 35.3 Å². The zero-order valence-electron chi connectivity index (χ0n) is 32.7. The SMILES string of the molecule is CN1C(=O)CCC(C2CCC(=O)c3c(ccc(F)c3SCCCCC(=O)N3CCC[C@@H](Nc4ncnc(N)c4C(=N)c4ccc(Oc5ccccc5)cc4)C3)C2=O)C1=O. The number of Topliss-reactive ketones (excluding diaryl/α,β-unsaturated/α-hetero) is 2. The molecule has 2 unspecified atom stereocenters. The number of benzene rings is 3. The third-order valence-corrected chi connectivity index (χ3v) is 12.4. The summed E-state index contributed by atoms with van der Waals surface area (Å²) in [5.74, 6) is -1.17. The van der Waals surface area contributed by atoms with Gasteiger partial charge in [0.05, 0.1) is 16.2 Å². The number of carbonyl (C=O) groups excluding carboxylic acids is 5. The molecule has 15 heteroatoms. The van der Waals surface area contributed by atoms with Gasteiger partial charge >= 0.3 is 0 Å². The summed E-state index contributed by atoms with van der Waals surface area (Å²) in [6.07, 6.45) is 4.84. The maximum atomic E-state index is 15.3. The highest BCUT2D eigenvalue weighted by atomic mass is 32.2. The molecule has 2 aliphatic heterocycles. The van der Waals surface area contributed by atoms with E-state index in [1.54, 1.807) is 24.3 Å². The van der Waals surface area contributed by atoms with Gasteiger partial charge < -0.3 is 20.7 Å². The Hall–Kier alpha value is -5.96. The van der Waals surface area contributed by atoms with Crippen molar-refractivity contribution in [1.29, 1.82) is 5.41 Å². The molecule has 7 rings (SSSR count). The van der Waals surface area contributed by atoms with Gasteiger partial charge in [0.15, 0.2) is 11.6 Å². The lowest BCUT2D eigenvalue weighted by molar-refractivity contribution is -0.151. The fourth-order valence-corrected chi connectivity index (χ4v) is 9.19. The van der Waals surface area contributed by atoms with Crippen molar-refractivity contribution in [3.8, 4) is 11.5 Å². The number of carbonyl (C=O) groups is 5. The number of ether oxygens (including phenoxy) is 1. The summed E-state index contributed by atoms with van der Waals surface area (Å²) in [6, 6.07) is 18.9. The lowest BCUT2D eigenvalue weighted by Crippen LogP contribution is -2.46. The Labute approximate surface area is 345 Å². The molecule has 3 heterocycles. The molecule has 0 bridgehead atoms. The molecule has 2 fully saturated rings. The minimum absolute atomic E-state index is 0.00427. The van der Waals surface area contributed by atoms with E-state index in [0.717, 1.165) is 29.5 Å². The van der Waals surface area contributed by atoms with Crippen molar-refractivity contribution in [3.63, 3.8) is 0 Å². The van der Waals surface area contributed by atoms with Gasteiger partial charge in [-0.2, -0.15) is 0 Å². The maximum absolute atomic E-state index is 15.3. The highest BCUT2D eigenvalue weighted by Gasteiger charge is 2.43. The molecule has 3 aromatic carbocycles. The van der Waals surface area contributed by atoms with E-state index in [0.29, 0.717) is 60.1 Å². The molecule has 4 N–H and O–H groups in total. The van der Waals surface area contributed by atoms with Gasteiger partial charge in [0.2, 0.25) is 17.7 Å². The predicted molar refractivity (Wildman–Crippen MR) is 221 cm³/mol. The normalized spacial score (nSPS) is 19.6. The first-order valence-electron chi connectivity index (χ1n) is 19.9. The highest BCUT2D eigenvalue weighted by Crippen LogP contribution is 2.39. The number of nitrogens with zero attached hydrogens (tertiary/aromatic N) is 4. The number of fused-ring (bicyclic) bond motifs is 1. The second kappa shape index (κ2) is 18.3. The number of nitrogen functional groups attached to an aromatic ring is 1.